The lowest BCUT2D eigenvalue weighted by Crippen LogP contribution is -2.17. The zero-order valence-corrected chi connectivity index (χ0v) is 11.5. The van der Waals surface area contributed by atoms with Crippen molar-refractivity contribution >= 4 is 0 Å². The minimum Gasteiger partial charge on any atom is -0.494 e. The number of ether oxygens (including phenoxy) is 2. The number of rotatable bonds is 4. The van der Waals surface area contributed by atoms with Crippen molar-refractivity contribution in [3.05, 3.63) is 59.4 Å². The van der Waals surface area contributed by atoms with Gasteiger partial charge < -0.3 is 15.2 Å². The molecule has 1 atom stereocenters. The molecular formula is C15H13F4NO2. The number of halogens is 4. The Morgan fingerprint density at radius 1 is 1.00 bits per heavy atom. The van der Waals surface area contributed by atoms with Gasteiger partial charge in [0, 0.05) is 0 Å². The Morgan fingerprint density at radius 3 is 2.14 bits per heavy atom. The van der Waals surface area contributed by atoms with Crippen molar-refractivity contribution in [2.75, 3.05) is 7.11 Å². The maximum atomic E-state index is 13.4. The molecule has 3 nitrogen and oxygen atoms in total. The first-order chi connectivity index (χ1) is 10.3. The fourth-order valence-corrected chi connectivity index (χ4v) is 1.94. The van der Waals surface area contributed by atoms with Gasteiger partial charge in [-0.15, -0.1) is 13.2 Å². The van der Waals surface area contributed by atoms with Crippen LogP contribution in [0.5, 0.6) is 11.5 Å². The summed E-state index contributed by atoms with van der Waals surface area (Å²) < 4.78 is 58.3. The van der Waals surface area contributed by atoms with Gasteiger partial charge in [0.15, 0.2) is 11.6 Å². The summed E-state index contributed by atoms with van der Waals surface area (Å²) >= 11 is 0. The summed E-state index contributed by atoms with van der Waals surface area (Å²) in [6.45, 7) is 0. The van der Waals surface area contributed by atoms with Crippen molar-refractivity contribution in [1.29, 1.82) is 0 Å². The van der Waals surface area contributed by atoms with Gasteiger partial charge in [0.25, 0.3) is 0 Å². The van der Waals surface area contributed by atoms with Gasteiger partial charge in [-0.3, -0.25) is 0 Å². The summed E-state index contributed by atoms with van der Waals surface area (Å²) in [5.41, 5.74) is 7.16. The second kappa shape index (κ2) is 6.23. The Morgan fingerprint density at radius 2 is 1.59 bits per heavy atom. The van der Waals surface area contributed by atoms with Gasteiger partial charge in [0.1, 0.15) is 5.75 Å². The van der Waals surface area contributed by atoms with Crippen molar-refractivity contribution in [2.45, 2.75) is 12.4 Å². The molecule has 2 rings (SSSR count). The number of alkyl halides is 3. The molecule has 0 amide bonds. The zero-order valence-electron chi connectivity index (χ0n) is 11.5. The van der Waals surface area contributed by atoms with Crippen LogP contribution in [0.15, 0.2) is 42.5 Å². The summed E-state index contributed by atoms with van der Waals surface area (Å²) in [5, 5.41) is 0. The average molecular weight is 315 g/mol. The number of methoxy groups -OCH3 is 1. The van der Waals surface area contributed by atoms with Crippen LogP contribution in [0.3, 0.4) is 0 Å². The Kier molecular flexibility index (Phi) is 4.56. The van der Waals surface area contributed by atoms with E-state index < -0.39 is 18.2 Å². The maximum absolute atomic E-state index is 13.4. The molecule has 0 unspecified atom stereocenters. The fourth-order valence-electron chi connectivity index (χ4n) is 1.94. The highest BCUT2D eigenvalue weighted by molar-refractivity contribution is 5.39. The summed E-state index contributed by atoms with van der Waals surface area (Å²) in [4.78, 5) is 0. The van der Waals surface area contributed by atoms with Crippen LogP contribution in [0.25, 0.3) is 0 Å². The van der Waals surface area contributed by atoms with Gasteiger partial charge in [-0.1, -0.05) is 18.2 Å². The standard InChI is InChI=1S/C15H13F4NO2/c1-21-13-8-10(4-7-12(13)16)14(20)9-2-5-11(6-3-9)22-15(17,18)19/h2-8,14H,20H2,1H3/t14-/m1/s1. The number of hydrogen-bond donors (Lipinski definition) is 1. The predicted octanol–water partition coefficient (Wildman–Crippen LogP) is 3.78. The topological polar surface area (TPSA) is 44.5 Å². The minimum atomic E-state index is -4.74. The fraction of sp³-hybridized carbons (Fsp3) is 0.200. The molecule has 22 heavy (non-hydrogen) atoms. The van der Waals surface area contributed by atoms with Gasteiger partial charge >= 0.3 is 6.36 Å². The number of nitrogens with two attached hydrogens (primary N) is 1. The highest BCUT2D eigenvalue weighted by Gasteiger charge is 2.31. The third-order valence-electron chi connectivity index (χ3n) is 3.01. The molecule has 0 heterocycles. The van der Waals surface area contributed by atoms with E-state index in [1.807, 2.05) is 0 Å². The number of benzene rings is 2. The van der Waals surface area contributed by atoms with E-state index in [2.05, 4.69) is 4.74 Å². The molecule has 118 valence electrons. The first-order valence-electron chi connectivity index (χ1n) is 6.25. The first kappa shape index (κ1) is 16.1. The average Bonchev–Trinajstić information content (AvgIpc) is 2.46. The summed E-state index contributed by atoms with van der Waals surface area (Å²) in [6, 6.07) is 8.70. The van der Waals surface area contributed by atoms with E-state index in [0.29, 0.717) is 11.1 Å². The van der Waals surface area contributed by atoms with Crippen LogP contribution in [0.2, 0.25) is 0 Å². The van der Waals surface area contributed by atoms with Crippen molar-refractivity contribution in [1.82, 2.24) is 0 Å². The molecule has 0 aliphatic carbocycles. The Hall–Kier alpha value is -2.28. The molecule has 0 aliphatic rings. The second-order valence-electron chi connectivity index (χ2n) is 4.49. The van der Waals surface area contributed by atoms with E-state index in [4.69, 9.17) is 10.5 Å². The van der Waals surface area contributed by atoms with Crippen molar-refractivity contribution in [3.8, 4) is 11.5 Å². The van der Waals surface area contributed by atoms with E-state index in [1.165, 1.54) is 49.6 Å². The van der Waals surface area contributed by atoms with Crippen LogP contribution in [0, 0.1) is 5.82 Å². The predicted molar refractivity (Wildman–Crippen MR) is 72.1 cm³/mol. The van der Waals surface area contributed by atoms with E-state index >= 15 is 0 Å². The molecule has 7 heteroatoms. The van der Waals surface area contributed by atoms with Gasteiger partial charge in [-0.05, 0) is 35.4 Å². The van der Waals surface area contributed by atoms with Crippen LogP contribution in [0.1, 0.15) is 17.2 Å². The summed E-state index contributed by atoms with van der Waals surface area (Å²) in [6.07, 6.45) is -4.74. The molecule has 0 aromatic heterocycles. The first-order valence-corrected chi connectivity index (χ1v) is 6.25. The van der Waals surface area contributed by atoms with Crippen molar-refractivity contribution < 1.29 is 27.0 Å². The molecule has 0 saturated heterocycles. The van der Waals surface area contributed by atoms with E-state index in [0.717, 1.165) is 0 Å². The number of hydrogen-bond acceptors (Lipinski definition) is 3. The summed E-state index contributed by atoms with van der Waals surface area (Å²) in [7, 11) is 1.33. The third-order valence-corrected chi connectivity index (χ3v) is 3.01. The highest BCUT2D eigenvalue weighted by atomic mass is 19.4. The second-order valence-corrected chi connectivity index (χ2v) is 4.49. The highest BCUT2D eigenvalue weighted by Crippen LogP contribution is 2.28. The molecule has 0 bridgehead atoms. The Balaban J connectivity index is 2.21. The molecule has 0 radical (unpaired) electrons. The monoisotopic (exact) mass is 315 g/mol. The van der Waals surface area contributed by atoms with Crippen LogP contribution in [0.4, 0.5) is 17.6 Å². The lowest BCUT2D eigenvalue weighted by molar-refractivity contribution is -0.274. The van der Waals surface area contributed by atoms with E-state index in [9.17, 15) is 17.6 Å². The smallest absolute Gasteiger partial charge is 0.494 e. The zero-order chi connectivity index (χ0) is 16.3. The minimum absolute atomic E-state index is 0.0463. The molecule has 2 aromatic carbocycles. The van der Waals surface area contributed by atoms with Crippen LogP contribution < -0.4 is 15.2 Å². The van der Waals surface area contributed by atoms with Crippen LogP contribution in [-0.2, 0) is 0 Å². The van der Waals surface area contributed by atoms with Crippen LogP contribution >= 0.6 is 0 Å². The lowest BCUT2D eigenvalue weighted by atomic mass is 9.99. The van der Waals surface area contributed by atoms with Crippen molar-refractivity contribution in [3.63, 3.8) is 0 Å². The van der Waals surface area contributed by atoms with Crippen molar-refractivity contribution in [2.24, 2.45) is 5.73 Å². The normalized spacial score (nSPS) is 12.8. The quantitative estimate of drug-likeness (QED) is 0.873. The molecule has 0 fully saturated rings. The summed E-state index contributed by atoms with van der Waals surface area (Å²) in [5.74, 6) is -0.808. The largest absolute Gasteiger partial charge is 0.573 e. The van der Waals surface area contributed by atoms with Gasteiger partial charge in [-0.25, -0.2) is 4.39 Å². The molecule has 0 aliphatic heterocycles. The molecule has 0 spiro atoms. The molecule has 2 aromatic rings. The van der Waals surface area contributed by atoms with E-state index in [1.54, 1.807) is 0 Å². The van der Waals surface area contributed by atoms with E-state index in [-0.39, 0.29) is 11.5 Å². The molecule has 0 saturated carbocycles. The maximum Gasteiger partial charge on any atom is 0.573 e. The lowest BCUT2D eigenvalue weighted by Gasteiger charge is -2.15. The Bertz CT molecular complexity index is 641. The van der Waals surface area contributed by atoms with Gasteiger partial charge in [0.05, 0.1) is 13.2 Å². The SMILES string of the molecule is COc1cc([C@H](N)c2ccc(OC(F)(F)F)cc2)ccc1F. The Labute approximate surface area is 124 Å². The van der Waals surface area contributed by atoms with Gasteiger partial charge in [-0.2, -0.15) is 0 Å². The molecular weight excluding hydrogens is 302 g/mol. The van der Waals surface area contributed by atoms with Crippen LogP contribution in [-0.4, -0.2) is 13.5 Å². The van der Waals surface area contributed by atoms with Gasteiger partial charge in [0.2, 0.25) is 0 Å². The molecule has 2 N–H and O–H groups in total. The third kappa shape index (κ3) is 3.88.